The second kappa shape index (κ2) is 9.35. The predicted molar refractivity (Wildman–Crippen MR) is 82.9 cm³/mol. The highest BCUT2D eigenvalue weighted by Gasteiger charge is 2.36. The van der Waals surface area contributed by atoms with Crippen LogP contribution in [0.3, 0.4) is 0 Å². The van der Waals surface area contributed by atoms with Gasteiger partial charge in [-0.05, 0) is 37.6 Å². The van der Waals surface area contributed by atoms with Crippen molar-refractivity contribution in [2.45, 2.75) is 66.7 Å². The van der Waals surface area contributed by atoms with Gasteiger partial charge in [-0.25, -0.2) is 0 Å². The van der Waals surface area contributed by atoms with Crippen LogP contribution in [-0.2, 0) is 4.79 Å². The third-order valence-electron chi connectivity index (χ3n) is 4.04. The first kappa shape index (κ1) is 18.4. The maximum atomic E-state index is 12.4. The van der Waals surface area contributed by atoms with Crippen LogP contribution in [0.25, 0.3) is 0 Å². The molecule has 0 aliphatic heterocycles. The quantitative estimate of drug-likeness (QED) is 0.598. The number of carbonyl (C=O) groups excluding carboxylic acids is 1. The van der Waals surface area contributed by atoms with Gasteiger partial charge in [0.05, 0.1) is 0 Å². The van der Waals surface area contributed by atoms with E-state index in [1.54, 1.807) is 0 Å². The molecule has 0 aromatic rings. The monoisotopic (exact) mass is 270 g/mol. The molecule has 3 heteroatoms. The maximum absolute atomic E-state index is 12.4. The number of amides is 1. The summed E-state index contributed by atoms with van der Waals surface area (Å²) >= 11 is 0. The Balaban J connectivity index is 4.13. The summed E-state index contributed by atoms with van der Waals surface area (Å²) in [7, 11) is 0. The molecular formula is C16H34N2O. The topological polar surface area (TPSA) is 55.1 Å². The number of rotatable bonds is 10. The highest BCUT2D eigenvalue weighted by Crippen LogP contribution is 2.34. The van der Waals surface area contributed by atoms with Gasteiger partial charge in [0.15, 0.2) is 0 Å². The van der Waals surface area contributed by atoms with E-state index in [0.717, 1.165) is 38.8 Å². The maximum Gasteiger partial charge on any atom is 0.226 e. The molecule has 0 rings (SSSR count). The van der Waals surface area contributed by atoms with Crippen LogP contribution in [0.2, 0.25) is 0 Å². The van der Waals surface area contributed by atoms with Crippen LogP contribution in [-0.4, -0.2) is 19.0 Å². The minimum atomic E-state index is -0.245. The molecule has 19 heavy (non-hydrogen) atoms. The second-order valence-electron chi connectivity index (χ2n) is 6.63. The van der Waals surface area contributed by atoms with Crippen LogP contribution in [0, 0.1) is 17.3 Å². The van der Waals surface area contributed by atoms with Crippen LogP contribution in [0.15, 0.2) is 0 Å². The SMILES string of the molecule is CC(C)CC(C)(C(=O)NCCCCCCN)C(C)C. The first-order valence-electron chi connectivity index (χ1n) is 7.83. The van der Waals surface area contributed by atoms with Crippen molar-refractivity contribution in [3.05, 3.63) is 0 Å². The molecule has 0 spiro atoms. The summed E-state index contributed by atoms with van der Waals surface area (Å²) in [5, 5.41) is 3.12. The molecule has 0 saturated heterocycles. The Morgan fingerprint density at radius 1 is 1.11 bits per heavy atom. The molecule has 0 aliphatic rings. The molecule has 0 aliphatic carbocycles. The minimum Gasteiger partial charge on any atom is -0.356 e. The fourth-order valence-electron chi connectivity index (χ4n) is 2.47. The summed E-state index contributed by atoms with van der Waals surface area (Å²) in [5.74, 6) is 1.13. The Morgan fingerprint density at radius 2 is 1.68 bits per heavy atom. The fraction of sp³-hybridized carbons (Fsp3) is 0.938. The van der Waals surface area contributed by atoms with Gasteiger partial charge < -0.3 is 11.1 Å². The van der Waals surface area contributed by atoms with E-state index in [2.05, 4.69) is 39.9 Å². The number of nitrogens with one attached hydrogen (secondary N) is 1. The predicted octanol–water partition coefficient (Wildman–Crippen LogP) is 3.33. The summed E-state index contributed by atoms with van der Waals surface area (Å²) in [6, 6.07) is 0. The molecule has 1 atom stereocenters. The van der Waals surface area contributed by atoms with E-state index in [0.29, 0.717) is 11.8 Å². The van der Waals surface area contributed by atoms with Crippen molar-refractivity contribution in [3.8, 4) is 0 Å². The summed E-state index contributed by atoms with van der Waals surface area (Å²) in [6.45, 7) is 12.3. The third kappa shape index (κ3) is 6.95. The van der Waals surface area contributed by atoms with E-state index in [1.807, 2.05) is 0 Å². The molecule has 1 unspecified atom stereocenters. The van der Waals surface area contributed by atoms with Gasteiger partial charge in [0.1, 0.15) is 0 Å². The Kier molecular flexibility index (Phi) is 9.07. The molecule has 0 aromatic carbocycles. The first-order chi connectivity index (χ1) is 8.84. The smallest absolute Gasteiger partial charge is 0.226 e. The first-order valence-corrected chi connectivity index (χ1v) is 7.83. The van der Waals surface area contributed by atoms with Crippen molar-refractivity contribution in [1.82, 2.24) is 5.32 Å². The van der Waals surface area contributed by atoms with Gasteiger partial charge in [0.25, 0.3) is 0 Å². The third-order valence-corrected chi connectivity index (χ3v) is 4.04. The van der Waals surface area contributed by atoms with E-state index in [1.165, 1.54) is 6.42 Å². The Morgan fingerprint density at radius 3 is 2.16 bits per heavy atom. The summed E-state index contributed by atoms with van der Waals surface area (Å²) in [4.78, 5) is 12.4. The van der Waals surface area contributed by atoms with Crippen LogP contribution in [0.4, 0.5) is 0 Å². The van der Waals surface area contributed by atoms with Gasteiger partial charge in [0, 0.05) is 12.0 Å². The van der Waals surface area contributed by atoms with E-state index < -0.39 is 0 Å². The number of unbranched alkanes of at least 4 members (excludes halogenated alkanes) is 3. The van der Waals surface area contributed by atoms with Gasteiger partial charge >= 0.3 is 0 Å². The van der Waals surface area contributed by atoms with Crippen LogP contribution in [0.1, 0.15) is 66.7 Å². The average Bonchev–Trinajstić information content (AvgIpc) is 2.32. The zero-order valence-electron chi connectivity index (χ0n) is 13.6. The standard InChI is InChI=1S/C16H34N2O/c1-13(2)12-16(5,14(3)4)15(19)18-11-9-7-6-8-10-17/h13-14H,6-12,17H2,1-5H3,(H,18,19). The van der Waals surface area contributed by atoms with Crippen LogP contribution in [0.5, 0.6) is 0 Å². The van der Waals surface area contributed by atoms with Crippen molar-refractivity contribution >= 4 is 5.91 Å². The van der Waals surface area contributed by atoms with Crippen molar-refractivity contribution in [2.24, 2.45) is 23.0 Å². The van der Waals surface area contributed by atoms with Crippen LogP contribution >= 0.6 is 0 Å². The van der Waals surface area contributed by atoms with Crippen molar-refractivity contribution in [1.29, 1.82) is 0 Å². The Bertz CT molecular complexity index is 251. The molecule has 0 aromatic heterocycles. The Hall–Kier alpha value is -0.570. The fourth-order valence-corrected chi connectivity index (χ4v) is 2.47. The second-order valence-corrected chi connectivity index (χ2v) is 6.63. The summed E-state index contributed by atoms with van der Waals surface area (Å²) in [6.07, 6.45) is 5.41. The average molecular weight is 270 g/mol. The molecule has 3 N–H and O–H groups in total. The van der Waals surface area contributed by atoms with Crippen LogP contribution < -0.4 is 11.1 Å². The summed E-state index contributed by atoms with van der Waals surface area (Å²) in [5.41, 5.74) is 5.21. The molecule has 0 bridgehead atoms. The Labute approximate surface area is 119 Å². The van der Waals surface area contributed by atoms with Crippen molar-refractivity contribution < 1.29 is 4.79 Å². The normalized spacial score (nSPS) is 14.7. The molecule has 0 fully saturated rings. The van der Waals surface area contributed by atoms with E-state index in [9.17, 15) is 4.79 Å². The van der Waals surface area contributed by atoms with Gasteiger partial charge in [-0.1, -0.05) is 47.5 Å². The molecule has 0 heterocycles. The largest absolute Gasteiger partial charge is 0.356 e. The van der Waals surface area contributed by atoms with Crippen molar-refractivity contribution in [3.63, 3.8) is 0 Å². The molecular weight excluding hydrogens is 236 g/mol. The summed E-state index contributed by atoms with van der Waals surface area (Å²) < 4.78 is 0. The van der Waals surface area contributed by atoms with Gasteiger partial charge in [-0.2, -0.15) is 0 Å². The molecule has 114 valence electrons. The lowest BCUT2D eigenvalue weighted by atomic mass is 9.72. The number of hydrogen-bond donors (Lipinski definition) is 2. The molecule has 3 nitrogen and oxygen atoms in total. The van der Waals surface area contributed by atoms with Gasteiger partial charge in [0.2, 0.25) is 5.91 Å². The highest BCUT2D eigenvalue weighted by molar-refractivity contribution is 5.82. The van der Waals surface area contributed by atoms with E-state index in [4.69, 9.17) is 5.73 Å². The zero-order chi connectivity index (χ0) is 14.9. The van der Waals surface area contributed by atoms with E-state index >= 15 is 0 Å². The lowest BCUT2D eigenvalue weighted by Gasteiger charge is -2.34. The zero-order valence-corrected chi connectivity index (χ0v) is 13.6. The van der Waals surface area contributed by atoms with E-state index in [-0.39, 0.29) is 11.3 Å². The highest BCUT2D eigenvalue weighted by atomic mass is 16.2. The van der Waals surface area contributed by atoms with Gasteiger partial charge in [-0.3, -0.25) is 4.79 Å². The number of carbonyl (C=O) groups is 1. The van der Waals surface area contributed by atoms with Gasteiger partial charge in [-0.15, -0.1) is 0 Å². The number of hydrogen-bond acceptors (Lipinski definition) is 2. The molecule has 0 saturated carbocycles. The lowest BCUT2D eigenvalue weighted by Crippen LogP contribution is -2.43. The number of nitrogens with two attached hydrogens (primary N) is 1. The lowest BCUT2D eigenvalue weighted by molar-refractivity contribution is -0.133. The molecule has 1 amide bonds. The minimum absolute atomic E-state index is 0.218. The van der Waals surface area contributed by atoms with Crippen molar-refractivity contribution in [2.75, 3.05) is 13.1 Å². The molecule has 0 radical (unpaired) electrons.